The highest BCUT2D eigenvalue weighted by atomic mass is 35.5. The van der Waals surface area contributed by atoms with Crippen LogP contribution in [0, 0.1) is 24.1 Å². The molecule has 1 aliphatic rings. The minimum atomic E-state index is -0.641. The highest BCUT2D eigenvalue weighted by molar-refractivity contribution is 6.30. The van der Waals surface area contributed by atoms with E-state index in [4.69, 9.17) is 18.0 Å². The summed E-state index contributed by atoms with van der Waals surface area (Å²) in [6.07, 6.45) is 6.73. The van der Waals surface area contributed by atoms with E-state index in [1.807, 2.05) is 0 Å². The molecule has 1 aliphatic heterocycles. The monoisotopic (exact) mass is 338 g/mol. The second-order valence-electron chi connectivity index (χ2n) is 5.67. The number of hydrogen-bond acceptors (Lipinski definition) is 3. The van der Waals surface area contributed by atoms with E-state index in [1.54, 1.807) is 6.07 Å². The number of benzene rings is 1. The molecule has 0 unspecified atom stereocenters. The summed E-state index contributed by atoms with van der Waals surface area (Å²) in [5.74, 6) is 1.79. The third-order valence-electron chi connectivity index (χ3n) is 4.12. The number of terminal acetylenes is 1. The van der Waals surface area contributed by atoms with Crippen molar-refractivity contribution in [3.05, 3.63) is 34.6 Å². The van der Waals surface area contributed by atoms with Gasteiger partial charge in [0.2, 0.25) is 5.91 Å². The van der Waals surface area contributed by atoms with Gasteiger partial charge in [-0.05, 0) is 43.6 Å². The average Bonchev–Trinajstić information content (AvgIpc) is 2.56. The van der Waals surface area contributed by atoms with E-state index in [1.165, 1.54) is 12.1 Å². The van der Waals surface area contributed by atoms with Crippen molar-refractivity contribution in [2.75, 3.05) is 26.2 Å². The lowest BCUT2D eigenvalue weighted by Gasteiger charge is -2.30. The van der Waals surface area contributed by atoms with Gasteiger partial charge in [0.25, 0.3) is 0 Å². The highest BCUT2D eigenvalue weighted by Gasteiger charge is 2.26. The van der Waals surface area contributed by atoms with Crippen molar-refractivity contribution in [2.45, 2.75) is 18.9 Å². The number of aliphatic hydroxyl groups is 1. The molecule has 0 radical (unpaired) electrons. The molecular weight excluding hydrogens is 319 g/mol. The lowest BCUT2D eigenvalue weighted by molar-refractivity contribution is -0.127. The molecule has 0 spiro atoms. The summed E-state index contributed by atoms with van der Waals surface area (Å²) in [6, 6.07) is 3.61. The molecule has 0 saturated carbocycles. The van der Waals surface area contributed by atoms with Crippen molar-refractivity contribution in [1.29, 1.82) is 0 Å². The van der Waals surface area contributed by atoms with Crippen LogP contribution in [0.3, 0.4) is 0 Å². The maximum atomic E-state index is 13.5. The molecule has 1 atom stereocenters. The van der Waals surface area contributed by atoms with Gasteiger partial charge in [0, 0.05) is 5.92 Å². The van der Waals surface area contributed by atoms with E-state index in [2.05, 4.69) is 16.1 Å². The number of piperidine rings is 1. The lowest BCUT2D eigenvalue weighted by atomic mass is 9.95. The molecule has 124 valence electrons. The van der Waals surface area contributed by atoms with Gasteiger partial charge < -0.3 is 10.4 Å². The Kier molecular flexibility index (Phi) is 6.40. The van der Waals surface area contributed by atoms with Crippen molar-refractivity contribution in [3.8, 4) is 12.3 Å². The minimum Gasteiger partial charge on any atom is -0.394 e. The minimum absolute atomic E-state index is 0.0117. The van der Waals surface area contributed by atoms with Crippen LogP contribution < -0.4 is 5.32 Å². The zero-order chi connectivity index (χ0) is 16.8. The van der Waals surface area contributed by atoms with E-state index in [9.17, 15) is 14.3 Å². The predicted octanol–water partition coefficient (Wildman–Crippen LogP) is 1.97. The summed E-state index contributed by atoms with van der Waals surface area (Å²) in [5.41, 5.74) is 0.493. The van der Waals surface area contributed by atoms with Gasteiger partial charge in [0.05, 0.1) is 24.2 Å². The lowest BCUT2D eigenvalue weighted by Crippen LogP contribution is -2.42. The summed E-state index contributed by atoms with van der Waals surface area (Å²) in [6.45, 7) is 1.85. The van der Waals surface area contributed by atoms with Crippen LogP contribution in [0.25, 0.3) is 0 Å². The first-order chi connectivity index (χ1) is 11.0. The zero-order valence-corrected chi connectivity index (χ0v) is 13.5. The molecule has 4 nitrogen and oxygen atoms in total. The molecule has 1 amide bonds. The first-order valence-corrected chi connectivity index (χ1v) is 7.95. The standard InChI is InChI=1S/C17H20ClFN2O2/c1-2-7-21-8-5-12(6-9-21)17(23)20-16(11-22)13-3-4-14(18)15(19)10-13/h1,3-4,10,12,16,22H,5-9,11H2,(H,20,23)/t16-/m0/s1. The Labute approximate surface area is 140 Å². The van der Waals surface area contributed by atoms with Gasteiger partial charge >= 0.3 is 0 Å². The molecule has 2 N–H and O–H groups in total. The van der Waals surface area contributed by atoms with Crippen LogP contribution in [0.2, 0.25) is 5.02 Å². The van der Waals surface area contributed by atoms with Crippen LogP contribution in [0.4, 0.5) is 4.39 Å². The Morgan fingerprint density at radius 1 is 1.52 bits per heavy atom. The van der Waals surface area contributed by atoms with Gasteiger partial charge in [-0.3, -0.25) is 9.69 Å². The molecule has 1 fully saturated rings. The van der Waals surface area contributed by atoms with Crippen molar-refractivity contribution in [2.24, 2.45) is 5.92 Å². The summed E-state index contributed by atoms with van der Waals surface area (Å²) in [7, 11) is 0. The molecule has 1 saturated heterocycles. The third kappa shape index (κ3) is 4.68. The Bertz CT molecular complexity index is 595. The Hall–Kier alpha value is -1.61. The highest BCUT2D eigenvalue weighted by Crippen LogP contribution is 2.22. The van der Waals surface area contributed by atoms with Crippen LogP contribution in [0.5, 0.6) is 0 Å². The SMILES string of the molecule is C#CCN1CCC(C(=O)N[C@@H](CO)c2ccc(Cl)c(F)c2)CC1. The largest absolute Gasteiger partial charge is 0.394 e. The van der Waals surface area contributed by atoms with Crippen LogP contribution in [0.1, 0.15) is 24.4 Å². The number of carbonyl (C=O) groups is 1. The number of carbonyl (C=O) groups excluding carboxylic acids is 1. The first-order valence-electron chi connectivity index (χ1n) is 7.57. The zero-order valence-electron chi connectivity index (χ0n) is 12.8. The Morgan fingerprint density at radius 2 is 2.22 bits per heavy atom. The van der Waals surface area contributed by atoms with Crippen molar-refractivity contribution in [3.63, 3.8) is 0 Å². The Morgan fingerprint density at radius 3 is 2.78 bits per heavy atom. The molecule has 1 aromatic carbocycles. The maximum Gasteiger partial charge on any atom is 0.223 e. The number of hydrogen-bond donors (Lipinski definition) is 2. The maximum absolute atomic E-state index is 13.5. The fourth-order valence-corrected chi connectivity index (χ4v) is 2.85. The van der Waals surface area contributed by atoms with Gasteiger partial charge in [0.1, 0.15) is 5.82 Å². The second kappa shape index (κ2) is 8.30. The number of likely N-dealkylation sites (tertiary alicyclic amines) is 1. The van der Waals surface area contributed by atoms with Crippen LogP contribution >= 0.6 is 11.6 Å². The molecule has 23 heavy (non-hydrogen) atoms. The summed E-state index contributed by atoms with van der Waals surface area (Å²) in [5, 5.41) is 12.3. The van der Waals surface area contributed by atoms with E-state index < -0.39 is 11.9 Å². The van der Waals surface area contributed by atoms with Crippen molar-refractivity contribution >= 4 is 17.5 Å². The number of halogens is 2. The second-order valence-corrected chi connectivity index (χ2v) is 6.08. The number of nitrogens with one attached hydrogen (secondary N) is 1. The molecule has 1 aromatic rings. The van der Waals surface area contributed by atoms with Crippen molar-refractivity contribution < 1.29 is 14.3 Å². The van der Waals surface area contributed by atoms with E-state index in [0.717, 1.165) is 25.9 Å². The number of amides is 1. The van der Waals surface area contributed by atoms with E-state index >= 15 is 0 Å². The third-order valence-corrected chi connectivity index (χ3v) is 4.42. The van der Waals surface area contributed by atoms with Gasteiger partial charge in [-0.1, -0.05) is 23.6 Å². The molecule has 0 aromatic heterocycles. The molecule has 0 bridgehead atoms. The number of aliphatic hydroxyl groups excluding tert-OH is 1. The average molecular weight is 339 g/mol. The summed E-state index contributed by atoms with van der Waals surface area (Å²) >= 11 is 5.65. The quantitative estimate of drug-likeness (QED) is 0.807. The van der Waals surface area contributed by atoms with Crippen LogP contribution in [0.15, 0.2) is 18.2 Å². The summed E-state index contributed by atoms with van der Waals surface area (Å²) in [4.78, 5) is 14.5. The van der Waals surface area contributed by atoms with Gasteiger partial charge in [-0.25, -0.2) is 4.39 Å². The van der Waals surface area contributed by atoms with E-state index in [0.29, 0.717) is 12.1 Å². The predicted molar refractivity (Wildman–Crippen MR) is 87.4 cm³/mol. The van der Waals surface area contributed by atoms with Crippen LogP contribution in [-0.2, 0) is 4.79 Å². The van der Waals surface area contributed by atoms with E-state index in [-0.39, 0.29) is 23.5 Å². The fourth-order valence-electron chi connectivity index (χ4n) is 2.74. The molecule has 6 heteroatoms. The molecule has 2 rings (SSSR count). The smallest absolute Gasteiger partial charge is 0.223 e. The van der Waals surface area contributed by atoms with Gasteiger partial charge in [-0.2, -0.15) is 0 Å². The summed E-state index contributed by atoms with van der Waals surface area (Å²) < 4.78 is 13.5. The first kappa shape index (κ1) is 17.7. The Balaban J connectivity index is 1.95. The molecule has 1 heterocycles. The number of rotatable bonds is 5. The topological polar surface area (TPSA) is 52.6 Å². The van der Waals surface area contributed by atoms with Gasteiger partial charge in [-0.15, -0.1) is 6.42 Å². The molecule has 0 aliphatic carbocycles. The normalized spacial score (nSPS) is 17.5. The number of nitrogens with zero attached hydrogens (tertiary/aromatic N) is 1. The van der Waals surface area contributed by atoms with Crippen LogP contribution in [-0.4, -0.2) is 42.2 Å². The van der Waals surface area contributed by atoms with Gasteiger partial charge in [0.15, 0.2) is 0 Å². The fraction of sp³-hybridized carbons (Fsp3) is 0.471. The van der Waals surface area contributed by atoms with Crippen molar-refractivity contribution in [1.82, 2.24) is 10.2 Å². The molecular formula is C17H20ClFN2O2.